The Hall–Kier alpha value is -0.0800. The minimum Gasteiger partial charge on any atom is -0.324 e. The number of Topliss-reactive ketones (excluding diaryl/α,β-unsaturated/α-hetero) is 1. The summed E-state index contributed by atoms with van der Waals surface area (Å²) >= 11 is 0. The molecule has 0 saturated heterocycles. The van der Waals surface area contributed by atoms with Gasteiger partial charge in [-0.3, -0.25) is 4.79 Å². The molecule has 0 amide bonds. The highest BCUT2D eigenvalue weighted by Gasteiger charge is 1.99. The van der Waals surface area contributed by atoms with Crippen LogP contribution in [-0.4, -0.2) is 12.3 Å². The highest BCUT2D eigenvalue weighted by molar-refractivity contribution is 5.85. The molecule has 62 valence electrons. The van der Waals surface area contributed by atoms with Gasteiger partial charge in [0.15, 0.2) is 0 Å². The number of carbonyl (C=O) groups excluding carboxylic acids is 1. The van der Waals surface area contributed by atoms with Gasteiger partial charge < -0.3 is 5.73 Å². The first-order chi connectivity index (χ1) is 4.16. The first-order valence-electron chi connectivity index (χ1n) is 3.38. The summed E-state index contributed by atoms with van der Waals surface area (Å²) in [5, 5.41) is 0. The highest BCUT2D eigenvalue weighted by atomic mass is 35.5. The molecule has 0 saturated carbocycles. The SMILES string of the molecule is CC(C)CCC(=O)CN.Cl. The predicted molar refractivity (Wildman–Crippen MR) is 45.4 cm³/mol. The monoisotopic (exact) mass is 165 g/mol. The third kappa shape index (κ3) is 7.92. The van der Waals surface area contributed by atoms with Crippen molar-refractivity contribution in [3.63, 3.8) is 0 Å². The number of rotatable bonds is 4. The topological polar surface area (TPSA) is 43.1 Å². The van der Waals surface area contributed by atoms with Crippen molar-refractivity contribution in [2.75, 3.05) is 6.54 Å². The van der Waals surface area contributed by atoms with E-state index in [2.05, 4.69) is 13.8 Å². The van der Waals surface area contributed by atoms with Gasteiger partial charge in [-0.2, -0.15) is 0 Å². The normalized spacial score (nSPS) is 9.20. The molecule has 0 spiro atoms. The molecule has 2 N–H and O–H groups in total. The fraction of sp³-hybridized carbons (Fsp3) is 0.857. The van der Waals surface area contributed by atoms with E-state index >= 15 is 0 Å². The second-order valence-corrected chi connectivity index (χ2v) is 2.68. The molecule has 0 fully saturated rings. The number of halogens is 1. The summed E-state index contributed by atoms with van der Waals surface area (Å²) < 4.78 is 0. The maximum Gasteiger partial charge on any atom is 0.146 e. The molecule has 0 aliphatic carbocycles. The Morgan fingerprint density at radius 1 is 1.50 bits per heavy atom. The minimum atomic E-state index is 0. The van der Waals surface area contributed by atoms with Crippen LogP contribution in [0.3, 0.4) is 0 Å². The Balaban J connectivity index is 0. The van der Waals surface area contributed by atoms with Crippen LogP contribution in [0.15, 0.2) is 0 Å². The summed E-state index contributed by atoms with van der Waals surface area (Å²) in [5.41, 5.74) is 5.11. The molecule has 3 heteroatoms. The number of carbonyl (C=O) groups is 1. The van der Waals surface area contributed by atoms with E-state index in [9.17, 15) is 4.79 Å². The molecule has 10 heavy (non-hydrogen) atoms. The van der Waals surface area contributed by atoms with Gasteiger partial charge in [0.25, 0.3) is 0 Å². The van der Waals surface area contributed by atoms with Gasteiger partial charge in [0.2, 0.25) is 0 Å². The fourth-order valence-corrected chi connectivity index (χ4v) is 0.552. The van der Waals surface area contributed by atoms with Crippen molar-refractivity contribution >= 4 is 18.2 Å². The number of ketones is 1. The number of nitrogens with two attached hydrogens (primary N) is 1. The van der Waals surface area contributed by atoms with Gasteiger partial charge in [0.1, 0.15) is 5.78 Å². The Morgan fingerprint density at radius 2 is 2.00 bits per heavy atom. The van der Waals surface area contributed by atoms with Crippen LogP contribution in [-0.2, 0) is 4.79 Å². The van der Waals surface area contributed by atoms with Crippen molar-refractivity contribution in [1.82, 2.24) is 0 Å². The van der Waals surface area contributed by atoms with Crippen LogP contribution >= 0.6 is 12.4 Å². The maximum atomic E-state index is 10.6. The lowest BCUT2D eigenvalue weighted by molar-refractivity contribution is -0.118. The summed E-state index contributed by atoms with van der Waals surface area (Å²) in [6, 6.07) is 0. The van der Waals surface area contributed by atoms with E-state index in [-0.39, 0.29) is 24.7 Å². The van der Waals surface area contributed by atoms with Gasteiger partial charge in [0.05, 0.1) is 6.54 Å². The Labute approximate surface area is 68.6 Å². The third-order valence-electron chi connectivity index (χ3n) is 1.23. The van der Waals surface area contributed by atoms with Crippen LogP contribution in [0.2, 0.25) is 0 Å². The highest BCUT2D eigenvalue weighted by Crippen LogP contribution is 2.02. The van der Waals surface area contributed by atoms with E-state index < -0.39 is 0 Å². The fourth-order valence-electron chi connectivity index (χ4n) is 0.552. The summed E-state index contributed by atoms with van der Waals surface area (Å²) in [5.74, 6) is 0.782. The molecule has 0 radical (unpaired) electrons. The lowest BCUT2D eigenvalue weighted by Crippen LogP contribution is -2.13. The quantitative estimate of drug-likeness (QED) is 0.684. The van der Waals surface area contributed by atoms with Crippen molar-refractivity contribution < 1.29 is 4.79 Å². The zero-order chi connectivity index (χ0) is 7.28. The lowest BCUT2D eigenvalue weighted by atomic mass is 10.1. The molecule has 2 nitrogen and oxygen atoms in total. The van der Waals surface area contributed by atoms with Gasteiger partial charge in [-0.05, 0) is 12.3 Å². The van der Waals surface area contributed by atoms with Crippen molar-refractivity contribution in [3.8, 4) is 0 Å². The average Bonchev–Trinajstić information content (AvgIpc) is 1.83. The van der Waals surface area contributed by atoms with Gasteiger partial charge in [-0.25, -0.2) is 0 Å². The zero-order valence-corrected chi connectivity index (χ0v) is 7.41. The predicted octanol–water partition coefficient (Wildman–Crippen LogP) is 1.37. The van der Waals surface area contributed by atoms with Crippen LogP contribution in [0, 0.1) is 5.92 Å². The smallest absolute Gasteiger partial charge is 0.146 e. The van der Waals surface area contributed by atoms with E-state index in [1.54, 1.807) is 0 Å². The largest absolute Gasteiger partial charge is 0.324 e. The Morgan fingerprint density at radius 3 is 2.30 bits per heavy atom. The van der Waals surface area contributed by atoms with Crippen molar-refractivity contribution in [1.29, 1.82) is 0 Å². The number of hydrogen-bond donors (Lipinski definition) is 1. The Bertz CT molecular complexity index is 93.6. The second-order valence-electron chi connectivity index (χ2n) is 2.68. The maximum absolute atomic E-state index is 10.6. The molecule has 0 unspecified atom stereocenters. The summed E-state index contributed by atoms with van der Waals surface area (Å²) in [6.45, 7) is 4.40. The lowest BCUT2D eigenvalue weighted by Gasteiger charge is -2.00. The zero-order valence-electron chi connectivity index (χ0n) is 6.59. The third-order valence-corrected chi connectivity index (χ3v) is 1.23. The average molecular weight is 166 g/mol. The number of hydrogen-bond acceptors (Lipinski definition) is 2. The first kappa shape index (κ1) is 12.6. The van der Waals surface area contributed by atoms with E-state index in [0.717, 1.165) is 6.42 Å². The molecular formula is C7H16ClNO. The molecule has 0 aromatic rings. The van der Waals surface area contributed by atoms with E-state index in [0.29, 0.717) is 12.3 Å². The van der Waals surface area contributed by atoms with E-state index in [4.69, 9.17) is 5.73 Å². The molecule has 0 atom stereocenters. The van der Waals surface area contributed by atoms with Crippen LogP contribution in [0.25, 0.3) is 0 Å². The van der Waals surface area contributed by atoms with Gasteiger partial charge in [0, 0.05) is 6.42 Å². The minimum absolute atomic E-state index is 0. The van der Waals surface area contributed by atoms with E-state index in [1.165, 1.54) is 0 Å². The van der Waals surface area contributed by atoms with Crippen LogP contribution in [0.4, 0.5) is 0 Å². The summed E-state index contributed by atoms with van der Waals surface area (Å²) in [6.07, 6.45) is 1.62. The second kappa shape index (κ2) is 7.03. The van der Waals surface area contributed by atoms with Crippen molar-refractivity contribution in [2.24, 2.45) is 11.7 Å². The molecule has 0 rings (SSSR count). The van der Waals surface area contributed by atoms with Gasteiger partial charge >= 0.3 is 0 Å². The molecule has 0 aromatic carbocycles. The van der Waals surface area contributed by atoms with Gasteiger partial charge in [-0.15, -0.1) is 12.4 Å². The summed E-state index contributed by atoms with van der Waals surface area (Å²) in [7, 11) is 0. The van der Waals surface area contributed by atoms with E-state index in [1.807, 2.05) is 0 Å². The molecule has 0 aliphatic rings. The molecule has 0 heterocycles. The standard InChI is InChI=1S/C7H15NO.ClH/c1-6(2)3-4-7(9)5-8;/h6H,3-5,8H2,1-2H3;1H. The van der Waals surface area contributed by atoms with Crippen LogP contribution in [0.5, 0.6) is 0 Å². The van der Waals surface area contributed by atoms with Crippen molar-refractivity contribution in [3.05, 3.63) is 0 Å². The molecule has 0 bridgehead atoms. The molecule has 0 aliphatic heterocycles. The van der Waals surface area contributed by atoms with Crippen LogP contribution < -0.4 is 5.73 Å². The first-order valence-corrected chi connectivity index (χ1v) is 3.38. The molecule has 0 aromatic heterocycles. The Kier molecular flexibility index (Phi) is 8.85. The summed E-state index contributed by atoms with van der Waals surface area (Å²) in [4.78, 5) is 10.6. The molecular weight excluding hydrogens is 150 g/mol. The van der Waals surface area contributed by atoms with Crippen LogP contribution in [0.1, 0.15) is 26.7 Å². The van der Waals surface area contributed by atoms with Gasteiger partial charge in [-0.1, -0.05) is 13.8 Å². The van der Waals surface area contributed by atoms with Crippen molar-refractivity contribution in [2.45, 2.75) is 26.7 Å².